The zero-order chi connectivity index (χ0) is 24.7. The van der Waals surface area contributed by atoms with E-state index in [1.54, 1.807) is 12.1 Å². The van der Waals surface area contributed by atoms with Crippen molar-refractivity contribution in [3.63, 3.8) is 0 Å². The minimum Gasteiger partial charge on any atom is -0.493 e. The van der Waals surface area contributed by atoms with Crippen LogP contribution in [0.4, 0.5) is 10.1 Å². The number of halogens is 2. The summed E-state index contributed by atoms with van der Waals surface area (Å²) in [4.78, 5) is 37.8. The van der Waals surface area contributed by atoms with Gasteiger partial charge in [-0.05, 0) is 70.6 Å². The predicted molar refractivity (Wildman–Crippen MR) is 128 cm³/mol. The van der Waals surface area contributed by atoms with Crippen LogP contribution >= 0.6 is 15.9 Å². The number of allylic oxidation sites excluding steroid dienone is 2. The number of nitrogens with zero attached hydrogens (tertiary/aromatic N) is 2. The summed E-state index contributed by atoms with van der Waals surface area (Å²) in [5, 5.41) is 7.78. The second-order valence-corrected chi connectivity index (χ2v) is 9.46. The monoisotopic (exact) mass is 541 g/mol. The molecule has 2 bridgehead atoms. The van der Waals surface area contributed by atoms with Crippen LogP contribution in [0, 0.1) is 29.5 Å². The minimum atomic E-state index is -0.430. The van der Waals surface area contributed by atoms with Crippen molar-refractivity contribution in [2.45, 2.75) is 6.42 Å². The number of nitrogens with one attached hydrogen (secondary N) is 1. The largest absolute Gasteiger partial charge is 0.493 e. The standard InChI is InChI=1S/C25H21BrFN3O5/c1-34-19-9-15(11-28-30-24(32)22-13-2-3-14(8-13)23(22)25(30)33)18(26)10-20(19)35-12-21(31)29-17-6-4-16(27)5-7-17/h2-7,9-11,13-14,22-23H,8,12H2,1H3,(H,29,31)/t13-,14-,22-,23+/m0/s1. The molecule has 1 aliphatic heterocycles. The Bertz CT molecular complexity index is 1230. The molecule has 2 fully saturated rings. The zero-order valence-corrected chi connectivity index (χ0v) is 20.2. The number of rotatable bonds is 7. The summed E-state index contributed by atoms with van der Waals surface area (Å²) < 4.78 is 24.6. The van der Waals surface area contributed by atoms with Gasteiger partial charge in [0.05, 0.1) is 25.2 Å². The summed E-state index contributed by atoms with van der Waals surface area (Å²) in [7, 11) is 1.45. The van der Waals surface area contributed by atoms with Crippen LogP contribution in [0.15, 0.2) is 58.1 Å². The number of fused-ring (bicyclic) bond motifs is 5. The molecule has 0 spiro atoms. The number of hydrogen-bond acceptors (Lipinski definition) is 6. The number of carbonyl (C=O) groups is 3. The van der Waals surface area contributed by atoms with Crippen LogP contribution < -0.4 is 14.8 Å². The molecular weight excluding hydrogens is 521 g/mol. The van der Waals surface area contributed by atoms with E-state index in [4.69, 9.17) is 9.47 Å². The highest BCUT2D eigenvalue weighted by Crippen LogP contribution is 2.52. The number of hydrazone groups is 1. The van der Waals surface area contributed by atoms with E-state index in [-0.39, 0.29) is 42.1 Å². The lowest BCUT2D eigenvalue weighted by atomic mass is 9.85. The van der Waals surface area contributed by atoms with Gasteiger partial charge in [-0.25, -0.2) is 4.39 Å². The van der Waals surface area contributed by atoms with E-state index >= 15 is 0 Å². The molecule has 8 nitrogen and oxygen atoms in total. The Kier molecular flexibility index (Phi) is 6.14. The molecule has 0 radical (unpaired) electrons. The molecule has 35 heavy (non-hydrogen) atoms. The van der Waals surface area contributed by atoms with Crippen molar-refractivity contribution in [1.29, 1.82) is 0 Å². The fourth-order valence-electron chi connectivity index (χ4n) is 4.92. The van der Waals surface area contributed by atoms with Crippen LogP contribution in [0.25, 0.3) is 0 Å². The lowest BCUT2D eigenvalue weighted by Gasteiger charge is -2.14. The van der Waals surface area contributed by atoms with Crippen molar-refractivity contribution in [2.75, 3.05) is 19.0 Å². The zero-order valence-electron chi connectivity index (χ0n) is 18.6. The van der Waals surface area contributed by atoms with E-state index in [1.165, 1.54) is 37.6 Å². The van der Waals surface area contributed by atoms with Crippen molar-refractivity contribution < 1.29 is 28.2 Å². The van der Waals surface area contributed by atoms with Gasteiger partial charge in [-0.1, -0.05) is 12.2 Å². The van der Waals surface area contributed by atoms with Crippen molar-refractivity contribution in [3.05, 3.63) is 64.4 Å². The van der Waals surface area contributed by atoms with E-state index in [9.17, 15) is 18.8 Å². The number of ether oxygens (including phenoxy) is 2. The molecule has 1 saturated carbocycles. The van der Waals surface area contributed by atoms with Gasteiger partial charge < -0.3 is 14.8 Å². The fraction of sp³-hybridized carbons (Fsp3) is 0.280. The highest BCUT2D eigenvalue weighted by Gasteiger charge is 2.59. The molecule has 4 atom stereocenters. The Morgan fingerprint density at radius 1 is 1.14 bits per heavy atom. The van der Waals surface area contributed by atoms with Gasteiger partial charge >= 0.3 is 0 Å². The molecule has 3 aliphatic rings. The molecule has 1 N–H and O–H groups in total. The molecule has 5 rings (SSSR count). The summed E-state index contributed by atoms with van der Waals surface area (Å²) in [6, 6.07) is 8.61. The fourth-order valence-corrected chi connectivity index (χ4v) is 5.34. The van der Waals surface area contributed by atoms with Crippen molar-refractivity contribution >= 4 is 45.6 Å². The summed E-state index contributed by atoms with van der Waals surface area (Å²) >= 11 is 3.43. The summed E-state index contributed by atoms with van der Waals surface area (Å²) in [5.74, 6) is -1.11. The molecule has 2 aromatic rings. The number of carbonyl (C=O) groups excluding carboxylic acids is 3. The molecular formula is C25H21BrFN3O5. The van der Waals surface area contributed by atoms with Gasteiger partial charge in [-0.2, -0.15) is 10.1 Å². The maximum Gasteiger partial charge on any atom is 0.262 e. The van der Waals surface area contributed by atoms with E-state index in [2.05, 4.69) is 26.3 Å². The summed E-state index contributed by atoms with van der Waals surface area (Å²) in [5.41, 5.74) is 1.00. The first-order valence-corrected chi connectivity index (χ1v) is 11.8. The molecule has 10 heteroatoms. The lowest BCUT2D eigenvalue weighted by Crippen LogP contribution is -2.28. The molecule has 1 saturated heterocycles. The van der Waals surface area contributed by atoms with Crippen molar-refractivity contribution in [3.8, 4) is 11.5 Å². The Labute approximate surface area is 208 Å². The third-order valence-corrected chi connectivity index (χ3v) is 7.22. The molecule has 2 aromatic carbocycles. The van der Waals surface area contributed by atoms with Gasteiger partial charge in [0.2, 0.25) is 0 Å². The van der Waals surface area contributed by atoms with Gasteiger partial charge in [0, 0.05) is 15.7 Å². The molecule has 1 heterocycles. The Balaban J connectivity index is 1.26. The van der Waals surface area contributed by atoms with Crippen LogP contribution in [-0.4, -0.2) is 42.7 Å². The van der Waals surface area contributed by atoms with Crippen LogP contribution in [0.5, 0.6) is 11.5 Å². The van der Waals surface area contributed by atoms with E-state index in [0.29, 0.717) is 27.2 Å². The number of benzene rings is 2. The first-order valence-electron chi connectivity index (χ1n) is 11.0. The summed E-state index contributed by atoms with van der Waals surface area (Å²) in [6.07, 6.45) is 6.34. The second kappa shape index (κ2) is 9.26. The van der Waals surface area contributed by atoms with Crippen LogP contribution in [0.1, 0.15) is 12.0 Å². The second-order valence-electron chi connectivity index (χ2n) is 8.60. The topological polar surface area (TPSA) is 97.3 Å². The number of amides is 3. The molecule has 180 valence electrons. The van der Waals surface area contributed by atoms with Crippen LogP contribution in [0.2, 0.25) is 0 Å². The minimum absolute atomic E-state index is 0.116. The SMILES string of the molecule is COc1cc(C=NN2C(=O)[C@@H]3[C@H](C2=O)[C@H]2C=C[C@H]3C2)c(Br)cc1OCC(=O)Nc1ccc(F)cc1. The van der Waals surface area contributed by atoms with Gasteiger partial charge in [-0.3, -0.25) is 14.4 Å². The van der Waals surface area contributed by atoms with Crippen LogP contribution in [0.3, 0.4) is 0 Å². The number of hydrogen-bond donors (Lipinski definition) is 1. The predicted octanol–water partition coefficient (Wildman–Crippen LogP) is 3.76. The van der Waals surface area contributed by atoms with Crippen LogP contribution in [-0.2, 0) is 14.4 Å². The smallest absolute Gasteiger partial charge is 0.262 e. The maximum atomic E-state index is 13.0. The van der Waals surface area contributed by atoms with E-state index in [1.807, 2.05) is 12.2 Å². The highest BCUT2D eigenvalue weighted by molar-refractivity contribution is 9.10. The van der Waals surface area contributed by atoms with Gasteiger partial charge in [0.15, 0.2) is 18.1 Å². The van der Waals surface area contributed by atoms with Crippen molar-refractivity contribution in [1.82, 2.24) is 5.01 Å². The third-order valence-electron chi connectivity index (χ3n) is 6.53. The van der Waals surface area contributed by atoms with Gasteiger partial charge in [-0.15, -0.1) is 0 Å². The average molecular weight is 542 g/mol. The maximum absolute atomic E-state index is 13.0. The Morgan fingerprint density at radius 2 is 1.80 bits per heavy atom. The number of methoxy groups -OCH3 is 1. The Hall–Kier alpha value is -3.53. The Morgan fingerprint density at radius 3 is 2.43 bits per heavy atom. The van der Waals surface area contributed by atoms with Crippen molar-refractivity contribution in [2.24, 2.45) is 28.8 Å². The molecule has 0 unspecified atom stereocenters. The molecule has 3 amide bonds. The number of imide groups is 1. The summed E-state index contributed by atoms with van der Waals surface area (Å²) in [6.45, 7) is -0.302. The molecule has 2 aliphatic carbocycles. The lowest BCUT2D eigenvalue weighted by molar-refractivity contribution is -0.140. The first kappa shape index (κ1) is 23.2. The number of anilines is 1. The third kappa shape index (κ3) is 4.34. The normalized spacial score (nSPS) is 24.4. The van der Waals surface area contributed by atoms with Gasteiger partial charge in [0.25, 0.3) is 17.7 Å². The molecule has 0 aromatic heterocycles. The van der Waals surface area contributed by atoms with Gasteiger partial charge in [0.1, 0.15) is 5.82 Å². The van der Waals surface area contributed by atoms with E-state index in [0.717, 1.165) is 11.4 Å². The first-order chi connectivity index (χ1) is 16.9. The van der Waals surface area contributed by atoms with E-state index < -0.39 is 11.7 Å². The quantitative estimate of drug-likeness (QED) is 0.327. The average Bonchev–Trinajstić information content (AvgIpc) is 3.53. The highest BCUT2D eigenvalue weighted by atomic mass is 79.9.